The minimum atomic E-state index is -0.380. The van der Waals surface area contributed by atoms with Gasteiger partial charge in [0.25, 0.3) is 5.91 Å². The van der Waals surface area contributed by atoms with E-state index in [1.54, 1.807) is 13.0 Å². The summed E-state index contributed by atoms with van der Waals surface area (Å²) in [6.07, 6.45) is 0.984. The van der Waals surface area contributed by atoms with Gasteiger partial charge < -0.3 is 15.4 Å². The number of aromatic nitrogens is 1. The van der Waals surface area contributed by atoms with Gasteiger partial charge in [0.1, 0.15) is 0 Å². The summed E-state index contributed by atoms with van der Waals surface area (Å²) in [6.45, 7) is 8.30. The van der Waals surface area contributed by atoms with Gasteiger partial charge in [-0.15, -0.1) is 0 Å². The molecule has 0 fully saturated rings. The second kappa shape index (κ2) is 7.98. The fourth-order valence-corrected chi connectivity index (χ4v) is 2.32. The lowest BCUT2D eigenvalue weighted by Crippen LogP contribution is -2.30. The number of H-pyrrole nitrogens is 1. The zero-order valence-corrected chi connectivity index (χ0v) is 13.3. The van der Waals surface area contributed by atoms with Crippen LogP contribution in [0.5, 0.6) is 0 Å². The maximum absolute atomic E-state index is 12.1. The molecule has 1 aromatic rings. The SMILES string of the molecule is CC(C)Cc1cc(C(=O)NCC(C)CC(C)O)cc(=O)[nH]1. The molecule has 3 N–H and O–H groups in total. The second-order valence-electron chi connectivity index (χ2n) is 6.26. The van der Waals surface area contributed by atoms with E-state index in [9.17, 15) is 14.7 Å². The Bertz CT molecular complexity index is 520. The fraction of sp³-hybridized carbons (Fsp3) is 0.625. The molecule has 2 atom stereocenters. The van der Waals surface area contributed by atoms with Crippen LogP contribution in [0.1, 0.15) is 50.2 Å². The zero-order valence-electron chi connectivity index (χ0n) is 13.3. The Labute approximate surface area is 125 Å². The third kappa shape index (κ3) is 6.58. The molecular formula is C16H26N2O3. The molecule has 118 valence electrons. The van der Waals surface area contributed by atoms with Gasteiger partial charge >= 0.3 is 0 Å². The summed E-state index contributed by atoms with van der Waals surface area (Å²) in [7, 11) is 0. The van der Waals surface area contributed by atoms with Crippen molar-refractivity contribution in [2.45, 2.75) is 46.6 Å². The number of amides is 1. The molecular weight excluding hydrogens is 268 g/mol. The van der Waals surface area contributed by atoms with Gasteiger partial charge in [0.05, 0.1) is 6.10 Å². The van der Waals surface area contributed by atoms with E-state index in [-0.39, 0.29) is 23.5 Å². The molecule has 1 rings (SSSR count). The molecule has 5 heteroatoms. The fourth-order valence-electron chi connectivity index (χ4n) is 2.32. The van der Waals surface area contributed by atoms with Gasteiger partial charge in [-0.1, -0.05) is 20.8 Å². The molecule has 0 aromatic carbocycles. The van der Waals surface area contributed by atoms with Crippen LogP contribution in [0.4, 0.5) is 0 Å². The van der Waals surface area contributed by atoms with Gasteiger partial charge in [-0.2, -0.15) is 0 Å². The minimum absolute atomic E-state index is 0.186. The molecule has 0 saturated carbocycles. The van der Waals surface area contributed by atoms with Crippen molar-refractivity contribution in [1.29, 1.82) is 0 Å². The summed E-state index contributed by atoms with van der Waals surface area (Å²) in [5, 5.41) is 12.1. The number of carbonyl (C=O) groups is 1. The van der Waals surface area contributed by atoms with E-state index in [0.717, 1.165) is 12.1 Å². The molecule has 2 unspecified atom stereocenters. The molecule has 5 nitrogen and oxygen atoms in total. The normalized spacial score (nSPS) is 14.0. The lowest BCUT2D eigenvalue weighted by Gasteiger charge is -2.14. The Morgan fingerprint density at radius 3 is 2.52 bits per heavy atom. The molecule has 21 heavy (non-hydrogen) atoms. The summed E-state index contributed by atoms with van der Waals surface area (Å²) < 4.78 is 0. The monoisotopic (exact) mass is 294 g/mol. The second-order valence-corrected chi connectivity index (χ2v) is 6.26. The molecule has 1 heterocycles. The molecule has 0 spiro atoms. The first-order valence-electron chi connectivity index (χ1n) is 7.47. The highest BCUT2D eigenvalue weighted by Crippen LogP contribution is 2.07. The van der Waals surface area contributed by atoms with Crippen LogP contribution in [0.2, 0.25) is 0 Å². The molecule has 0 aliphatic heterocycles. The van der Waals surface area contributed by atoms with Crippen molar-refractivity contribution in [2.24, 2.45) is 11.8 Å². The lowest BCUT2D eigenvalue weighted by atomic mass is 10.0. The smallest absolute Gasteiger partial charge is 0.251 e. The van der Waals surface area contributed by atoms with Crippen molar-refractivity contribution in [3.63, 3.8) is 0 Å². The number of aromatic amines is 1. The molecule has 0 saturated heterocycles. The van der Waals surface area contributed by atoms with Crippen LogP contribution in [0.25, 0.3) is 0 Å². The third-order valence-corrected chi connectivity index (χ3v) is 3.14. The number of hydrogen-bond donors (Lipinski definition) is 3. The lowest BCUT2D eigenvalue weighted by molar-refractivity contribution is 0.0939. The highest BCUT2D eigenvalue weighted by atomic mass is 16.3. The van der Waals surface area contributed by atoms with Gasteiger partial charge in [-0.25, -0.2) is 0 Å². The molecule has 1 aromatic heterocycles. The van der Waals surface area contributed by atoms with Gasteiger partial charge in [-0.3, -0.25) is 9.59 Å². The topological polar surface area (TPSA) is 82.2 Å². The molecule has 0 bridgehead atoms. The highest BCUT2D eigenvalue weighted by Gasteiger charge is 2.12. The standard InChI is InChI=1S/C16H26N2O3/c1-10(2)5-14-7-13(8-15(20)18-14)16(21)17-9-11(3)6-12(4)19/h7-8,10-12,19H,5-6,9H2,1-4H3,(H,17,21)(H,18,20). The van der Waals surface area contributed by atoms with Gasteiger partial charge in [-0.05, 0) is 37.7 Å². The average molecular weight is 294 g/mol. The maximum atomic E-state index is 12.1. The summed E-state index contributed by atoms with van der Waals surface area (Å²) in [5.41, 5.74) is 0.911. The number of nitrogens with one attached hydrogen (secondary N) is 2. The third-order valence-electron chi connectivity index (χ3n) is 3.14. The van der Waals surface area contributed by atoms with Crippen molar-refractivity contribution < 1.29 is 9.90 Å². The van der Waals surface area contributed by atoms with Crippen LogP contribution >= 0.6 is 0 Å². The van der Waals surface area contributed by atoms with Crippen LogP contribution in [0.3, 0.4) is 0 Å². The van der Waals surface area contributed by atoms with E-state index in [2.05, 4.69) is 24.1 Å². The summed E-state index contributed by atoms with van der Waals surface area (Å²) >= 11 is 0. The average Bonchev–Trinajstić information content (AvgIpc) is 2.33. The number of pyridine rings is 1. The summed E-state index contributed by atoms with van der Waals surface area (Å²) in [6, 6.07) is 3.05. The van der Waals surface area contributed by atoms with E-state index in [1.807, 2.05) is 6.92 Å². The Balaban J connectivity index is 2.69. The van der Waals surface area contributed by atoms with Crippen molar-refractivity contribution in [3.05, 3.63) is 33.7 Å². The molecule has 0 radical (unpaired) electrons. The van der Waals surface area contributed by atoms with Crippen LogP contribution in [-0.2, 0) is 6.42 Å². The van der Waals surface area contributed by atoms with Gasteiger partial charge in [0.2, 0.25) is 5.56 Å². The van der Waals surface area contributed by atoms with Crippen LogP contribution in [-0.4, -0.2) is 28.6 Å². The first kappa shape index (κ1) is 17.4. The quantitative estimate of drug-likeness (QED) is 0.716. The predicted molar refractivity (Wildman–Crippen MR) is 83.4 cm³/mol. The van der Waals surface area contributed by atoms with E-state index < -0.39 is 0 Å². The van der Waals surface area contributed by atoms with Gasteiger partial charge in [0, 0.05) is 23.9 Å². The van der Waals surface area contributed by atoms with E-state index in [0.29, 0.717) is 24.4 Å². The number of aliphatic hydroxyl groups is 1. The number of aliphatic hydroxyl groups excluding tert-OH is 1. The van der Waals surface area contributed by atoms with Gasteiger partial charge in [0.15, 0.2) is 0 Å². The summed E-state index contributed by atoms with van der Waals surface area (Å²) in [5.74, 6) is 0.347. The molecule has 0 aliphatic rings. The zero-order chi connectivity index (χ0) is 16.0. The first-order chi connectivity index (χ1) is 9.77. The van der Waals surface area contributed by atoms with E-state index in [4.69, 9.17) is 0 Å². The molecule has 0 aliphatic carbocycles. The number of hydrogen-bond acceptors (Lipinski definition) is 3. The Morgan fingerprint density at radius 2 is 1.95 bits per heavy atom. The van der Waals surface area contributed by atoms with Crippen LogP contribution in [0, 0.1) is 11.8 Å². The summed E-state index contributed by atoms with van der Waals surface area (Å²) in [4.78, 5) is 26.5. The predicted octanol–water partition coefficient (Wildman–Crippen LogP) is 1.71. The Kier molecular flexibility index (Phi) is 6.62. The van der Waals surface area contributed by atoms with Crippen molar-refractivity contribution >= 4 is 5.91 Å². The Morgan fingerprint density at radius 1 is 1.29 bits per heavy atom. The van der Waals surface area contributed by atoms with E-state index >= 15 is 0 Å². The first-order valence-corrected chi connectivity index (χ1v) is 7.47. The van der Waals surface area contributed by atoms with Crippen LogP contribution in [0.15, 0.2) is 16.9 Å². The van der Waals surface area contributed by atoms with Crippen molar-refractivity contribution in [2.75, 3.05) is 6.54 Å². The largest absolute Gasteiger partial charge is 0.393 e. The Hall–Kier alpha value is -1.62. The number of rotatable bonds is 7. The van der Waals surface area contributed by atoms with E-state index in [1.165, 1.54) is 6.07 Å². The minimum Gasteiger partial charge on any atom is -0.393 e. The highest BCUT2D eigenvalue weighted by molar-refractivity contribution is 5.94. The molecule has 1 amide bonds. The van der Waals surface area contributed by atoms with Crippen LogP contribution < -0.4 is 10.9 Å². The van der Waals surface area contributed by atoms with Crippen molar-refractivity contribution in [1.82, 2.24) is 10.3 Å². The maximum Gasteiger partial charge on any atom is 0.251 e. The number of carbonyl (C=O) groups excluding carboxylic acids is 1. The van der Waals surface area contributed by atoms with Crippen molar-refractivity contribution in [3.8, 4) is 0 Å².